The van der Waals surface area contributed by atoms with Gasteiger partial charge in [0.25, 0.3) is 11.8 Å². The van der Waals surface area contributed by atoms with E-state index in [0.717, 1.165) is 11.1 Å². The van der Waals surface area contributed by atoms with E-state index in [1.807, 2.05) is 0 Å². The van der Waals surface area contributed by atoms with E-state index in [4.69, 9.17) is 35.2 Å². The predicted octanol–water partition coefficient (Wildman–Crippen LogP) is 0.136. The molecule has 0 aliphatic rings. The van der Waals surface area contributed by atoms with Gasteiger partial charge in [-0.15, -0.1) is 0 Å². The van der Waals surface area contributed by atoms with Gasteiger partial charge in [0.05, 0.1) is 32.9 Å². The van der Waals surface area contributed by atoms with Crippen molar-refractivity contribution in [3.8, 4) is 6.01 Å². The van der Waals surface area contributed by atoms with Crippen LogP contribution in [0.4, 0.5) is 11.6 Å². The van der Waals surface area contributed by atoms with Crippen molar-refractivity contribution in [2.24, 2.45) is 0 Å². The van der Waals surface area contributed by atoms with Crippen LogP contribution < -0.4 is 38.2 Å². The molecule has 0 fully saturated rings. The standard InChI is InChI=1S/C36H42N12O9/c1-53-15-16-57-34-45-29(38)27-31(46-34)48(36(52)44-27)18-22-5-9-24(10-6-22)33(50)40-12-14-55-13-11-39-32(49)23-7-3-21(4-8-23)17-47-30-26(43-35(47)51)28(37)41-25(42-30)19-56-20-54-2/h3-10H,11-20H2,1-2H3,(H,39,49)(H,40,50)(H,43,51)(H,44,52)(H2,37,41,42)(H2,38,45,46). The summed E-state index contributed by atoms with van der Waals surface area (Å²) in [4.78, 5) is 73.2. The SMILES string of the molecule is COCCOc1nc(N)c2[nH]c(=O)n(Cc3ccc(C(=O)NCCOCCNC(=O)c4ccc(Cn5c(=O)[nH]c6c(N)nc(COCOC)nc65)cc4)cc3)c2n1. The molecule has 2 amide bonds. The highest BCUT2D eigenvalue weighted by molar-refractivity contribution is 5.94. The average Bonchev–Trinajstić information content (AvgIpc) is 3.69. The van der Waals surface area contributed by atoms with Crippen LogP contribution in [-0.4, -0.2) is 111 Å². The van der Waals surface area contributed by atoms with Gasteiger partial charge >= 0.3 is 17.4 Å². The first-order valence-corrected chi connectivity index (χ1v) is 17.7. The third-order valence-electron chi connectivity index (χ3n) is 8.46. The van der Waals surface area contributed by atoms with Gasteiger partial charge in [-0.05, 0) is 35.4 Å². The summed E-state index contributed by atoms with van der Waals surface area (Å²) in [6, 6.07) is 13.6. The molecule has 4 aromatic heterocycles. The molecule has 0 radical (unpaired) electrons. The third kappa shape index (κ3) is 9.96. The number of benzene rings is 2. The summed E-state index contributed by atoms with van der Waals surface area (Å²) < 4.78 is 29.0. The summed E-state index contributed by atoms with van der Waals surface area (Å²) in [6.07, 6.45) is 0. The monoisotopic (exact) mass is 786 g/mol. The van der Waals surface area contributed by atoms with Crippen molar-refractivity contribution >= 4 is 45.8 Å². The van der Waals surface area contributed by atoms with E-state index in [1.165, 1.54) is 16.2 Å². The molecular formula is C36H42N12O9. The van der Waals surface area contributed by atoms with E-state index in [9.17, 15) is 19.2 Å². The van der Waals surface area contributed by atoms with E-state index in [-0.39, 0.29) is 94.5 Å². The lowest BCUT2D eigenvalue weighted by atomic mass is 10.1. The number of H-pyrrole nitrogens is 2. The van der Waals surface area contributed by atoms with Crippen LogP contribution in [0.15, 0.2) is 58.1 Å². The van der Waals surface area contributed by atoms with Gasteiger partial charge in [0.2, 0.25) is 0 Å². The lowest BCUT2D eigenvalue weighted by Crippen LogP contribution is -2.30. The minimum Gasteiger partial charge on any atom is -0.461 e. The molecule has 0 unspecified atom stereocenters. The van der Waals surface area contributed by atoms with Crippen molar-refractivity contribution in [1.82, 2.24) is 49.7 Å². The molecule has 0 saturated heterocycles. The van der Waals surface area contributed by atoms with Crippen molar-refractivity contribution in [3.05, 3.63) is 97.6 Å². The summed E-state index contributed by atoms with van der Waals surface area (Å²) >= 11 is 0. The zero-order valence-corrected chi connectivity index (χ0v) is 31.2. The Kier molecular flexibility index (Phi) is 13.2. The lowest BCUT2D eigenvalue weighted by Gasteiger charge is -2.09. The molecule has 6 rings (SSSR count). The lowest BCUT2D eigenvalue weighted by molar-refractivity contribution is -0.0411. The second kappa shape index (κ2) is 18.8. The second-order valence-corrected chi connectivity index (χ2v) is 12.5. The number of nitrogens with two attached hydrogens (primary N) is 2. The van der Waals surface area contributed by atoms with Gasteiger partial charge in [-0.25, -0.2) is 19.6 Å². The van der Waals surface area contributed by atoms with Crippen molar-refractivity contribution in [2.45, 2.75) is 19.7 Å². The van der Waals surface area contributed by atoms with Crippen LogP contribution in [0.3, 0.4) is 0 Å². The zero-order valence-electron chi connectivity index (χ0n) is 31.2. The molecule has 0 spiro atoms. The van der Waals surface area contributed by atoms with Crippen molar-refractivity contribution in [3.63, 3.8) is 0 Å². The summed E-state index contributed by atoms with van der Waals surface area (Å²) in [5, 5.41) is 5.59. The minimum atomic E-state index is -0.419. The fraction of sp³-hybridized carbons (Fsp3) is 0.333. The van der Waals surface area contributed by atoms with E-state index in [2.05, 4.69) is 40.5 Å². The number of methoxy groups -OCH3 is 2. The summed E-state index contributed by atoms with van der Waals surface area (Å²) in [5.74, 6) is -0.0875. The van der Waals surface area contributed by atoms with Crippen LogP contribution >= 0.6 is 0 Å². The molecular weight excluding hydrogens is 744 g/mol. The molecule has 0 saturated carbocycles. The van der Waals surface area contributed by atoms with Gasteiger partial charge in [-0.3, -0.25) is 18.7 Å². The molecule has 57 heavy (non-hydrogen) atoms. The normalized spacial score (nSPS) is 11.3. The first kappa shape index (κ1) is 40.0. The number of nitrogen functional groups attached to an aromatic ring is 2. The van der Waals surface area contributed by atoms with E-state index < -0.39 is 11.4 Å². The van der Waals surface area contributed by atoms with Crippen LogP contribution in [0.2, 0.25) is 0 Å². The van der Waals surface area contributed by atoms with Gasteiger partial charge in [-0.2, -0.15) is 9.97 Å². The van der Waals surface area contributed by atoms with Crippen molar-refractivity contribution in [1.29, 1.82) is 0 Å². The molecule has 6 aromatic rings. The van der Waals surface area contributed by atoms with Gasteiger partial charge in [-0.1, -0.05) is 24.3 Å². The highest BCUT2D eigenvalue weighted by Crippen LogP contribution is 2.19. The van der Waals surface area contributed by atoms with E-state index in [0.29, 0.717) is 40.2 Å². The largest absolute Gasteiger partial charge is 0.461 e. The number of imidazole rings is 2. The van der Waals surface area contributed by atoms with Crippen molar-refractivity contribution < 1.29 is 33.3 Å². The Morgan fingerprint density at radius 2 is 1.19 bits per heavy atom. The maximum absolute atomic E-state index is 12.7. The van der Waals surface area contributed by atoms with Gasteiger partial charge in [0.15, 0.2) is 28.8 Å². The molecule has 0 aliphatic heterocycles. The first-order chi connectivity index (χ1) is 27.6. The van der Waals surface area contributed by atoms with Crippen LogP contribution in [0.25, 0.3) is 22.3 Å². The number of amides is 2. The number of nitrogens with one attached hydrogen (secondary N) is 4. The van der Waals surface area contributed by atoms with Crippen LogP contribution in [0.5, 0.6) is 6.01 Å². The maximum atomic E-state index is 12.7. The Hall–Kier alpha value is -6.68. The van der Waals surface area contributed by atoms with E-state index in [1.54, 1.807) is 55.6 Å². The Balaban J connectivity index is 0.915. The number of carbonyl (C=O) groups excluding carboxylic acids is 2. The first-order valence-electron chi connectivity index (χ1n) is 17.7. The van der Waals surface area contributed by atoms with E-state index >= 15 is 0 Å². The third-order valence-corrected chi connectivity index (χ3v) is 8.46. The number of aromatic nitrogens is 8. The fourth-order valence-electron chi connectivity index (χ4n) is 5.65. The number of hydrogen-bond donors (Lipinski definition) is 6. The number of ether oxygens (including phenoxy) is 5. The number of nitrogens with zero attached hydrogens (tertiary/aromatic N) is 6. The smallest absolute Gasteiger partial charge is 0.328 e. The molecule has 300 valence electrons. The van der Waals surface area contributed by atoms with Crippen LogP contribution in [0, 0.1) is 0 Å². The number of rotatable bonds is 20. The second-order valence-electron chi connectivity index (χ2n) is 12.5. The highest BCUT2D eigenvalue weighted by atomic mass is 16.7. The van der Waals surface area contributed by atoms with Crippen molar-refractivity contribution in [2.75, 3.05) is 72.0 Å². The number of hydrogen-bond acceptors (Lipinski definition) is 15. The summed E-state index contributed by atoms with van der Waals surface area (Å²) in [7, 11) is 3.04. The number of anilines is 2. The topological polar surface area (TPSA) is 284 Å². The quantitative estimate of drug-likeness (QED) is 0.0443. The molecule has 21 heteroatoms. The zero-order chi connectivity index (χ0) is 40.3. The Morgan fingerprint density at radius 3 is 1.72 bits per heavy atom. The van der Waals surface area contributed by atoms with Gasteiger partial charge in [0, 0.05) is 38.4 Å². The summed E-state index contributed by atoms with van der Waals surface area (Å²) in [6.45, 7) is 1.95. The van der Waals surface area contributed by atoms with Gasteiger partial charge < -0.3 is 55.8 Å². The Morgan fingerprint density at radius 1 is 0.667 bits per heavy atom. The van der Waals surface area contributed by atoms with Gasteiger partial charge in [0.1, 0.15) is 31.0 Å². The Bertz CT molecular complexity index is 2270. The minimum absolute atomic E-state index is 0.0248. The molecule has 4 heterocycles. The number of carbonyl (C=O) groups is 2. The fourth-order valence-corrected chi connectivity index (χ4v) is 5.65. The molecule has 0 atom stereocenters. The average molecular weight is 787 g/mol. The van der Waals surface area contributed by atoms with Crippen LogP contribution in [0.1, 0.15) is 37.7 Å². The maximum Gasteiger partial charge on any atom is 0.328 e. The molecule has 8 N–H and O–H groups in total. The number of fused-ring (bicyclic) bond motifs is 2. The summed E-state index contributed by atoms with van der Waals surface area (Å²) in [5.41, 5.74) is 14.8. The molecule has 0 aliphatic carbocycles. The Labute approximate surface area is 323 Å². The molecule has 0 bridgehead atoms. The number of aromatic amines is 2. The highest BCUT2D eigenvalue weighted by Gasteiger charge is 2.17. The van der Waals surface area contributed by atoms with Crippen LogP contribution in [-0.2, 0) is 38.6 Å². The molecule has 21 nitrogen and oxygen atoms in total. The molecule has 2 aromatic carbocycles. The predicted molar refractivity (Wildman–Crippen MR) is 206 cm³/mol.